The molecule has 0 aromatic heterocycles. The maximum Gasteiger partial charge on any atom is 0.363 e. The summed E-state index contributed by atoms with van der Waals surface area (Å²) in [5, 5.41) is 0. The van der Waals surface area contributed by atoms with Crippen molar-refractivity contribution in [2.75, 3.05) is 13.4 Å². The largest absolute Gasteiger partial charge is 0.493 e. The van der Waals surface area contributed by atoms with Gasteiger partial charge in [-0.25, -0.2) is 9.79 Å². The number of benzene rings is 2. The first-order valence-corrected chi connectivity index (χ1v) is 9.33. The molecule has 1 aliphatic heterocycles. The van der Waals surface area contributed by atoms with Crippen LogP contribution in [0.1, 0.15) is 11.1 Å². The molecule has 7 nitrogen and oxygen atoms in total. The first kappa shape index (κ1) is 17.7. The van der Waals surface area contributed by atoms with Gasteiger partial charge in [-0.05, 0) is 35.9 Å². The lowest BCUT2D eigenvalue weighted by Crippen LogP contribution is -2.07. The molecule has 3 rings (SSSR count). The van der Waals surface area contributed by atoms with Gasteiger partial charge < -0.3 is 13.7 Å². The van der Waals surface area contributed by atoms with Crippen molar-refractivity contribution in [3.05, 3.63) is 65.4 Å². The lowest BCUT2D eigenvalue weighted by molar-refractivity contribution is -0.129. The van der Waals surface area contributed by atoms with Gasteiger partial charge in [0.15, 0.2) is 17.2 Å². The third-order valence-corrected chi connectivity index (χ3v) is 3.86. The van der Waals surface area contributed by atoms with Crippen molar-refractivity contribution in [1.29, 1.82) is 0 Å². The fourth-order valence-corrected chi connectivity index (χ4v) is 2.74. The van der Waals surface area contributed by atoms with Crippen LogP contribution in [0.3, 0.4) is 0 Å². The average Bonchev–Trinajstić information content (AvgIpc) is 2.96. The Labute approximate surface area is 150 Å². The molecule has 2 aromatic rings. The number of esters is 1. The first-order valence-electron chi connectivity index (χ1n) is 7.51. The molecule has 0 fully saturated rings. The van der Waals surface area contributed by atoms with Crippen LogP contribution in [0.5, 0.6) is 11.5 Å². The van der Waals surface area contributed by atoms with Crippen molar-refractivity contribution in [2.24, 2.45) is 4.99 Å². The number of carbonyl (C=O) groups is 1. The number of aliphatic imine (C=N–C) groups is 1. The number of rotatable bonds is 5. The van der Waals surface area contributed by atoms with E-state index in [0.717, 1.165) is 6.26 Å². The second-order valence-corrected chi connectivity index (χ2v) is 6.97. The molecule has 0 amide bonds. The van der Waals surface area contributed by atoms with Crippen LogP contribution in [0.25, 0.3) is 6.08 Å². The van der Waals surface area contributed by atoms with Crippen LogP contribution in [0.4, 0.5) is 0 Å². The Morgan fingerprint density at radius 1 is 1.08 bits per heavy atom. The number of ether oxygens (including phenoxy) is 2. The van der Waals surface area contributed by atoms with Gasteiger partial charge in [0.25, 0.3) is 0 Å². The van der Waals surface area contributed by atoms with Gasteiger partial charge in [-0.2, -0.15) is 8.42 Å². The summed E-state index contributed by atoms with van der Waals surface area (Å²) in [6.45, 7) is 0. The molecule has 0 saturated heterocycles. The maximum absolute atomic E-state index is 12.0. The van der Waals surface area contributed by atoms with Gasteiger partial charge >= 0.3 is 16.1 Å². The molecular formula is C18H15NO6S. The van der Waals surface area contributed by atoms with Crippen molar-refractivity contribution in [1.82, 2.24) is 0 Å². The first-order chi connectivity index (χ1) is 12.4. The minimum Gasteiger partial charge on any atom is -0.493 e. The number of hydrogen-bond donors (Lipinski definition) is 0. The van der Waals surface area contributed by atoms with E-state index in [-0.39, 0.29) is 23.1 Å². The number of hydrogen-bond acceptors (Lipinski definition) is 7. The van der Waals surface area contributed by atoms with E-state index in [9.17, 15) is 13.2 Å². The van der Waals surface area contributed by atoms with E-state index in [2.05, 4.69) is 4.99 Å². The molecule has 26 heavy (non-hydrogen) atoms. The number of cyclic esters (lactones) is 1. The minimum absolute atomic E-state index is 0.0552. The van der Waals surface area contributed by atoms with Crippen LogP contribution in [0.15, 0.2) is 59.2 Å². The predicted molar refractivity (Wildman–Crippen MR) is 95.5 cm³/mol. The quantitative estimate of drug-likeness (QED) is 0.454. The van der Waals surface area contributed by atoms with Crippen LogP contribution < -0.4 is 8.92 Å². The fourth-order valence-electron chi connectivity index (χ4n) is 2.28. The fraction of sp³-hybridized carbons (Fsp3) is 0.111. The van der Waals surface area contributed by atoms with Crippen LogP contribution in [-0.2, 0) is 19.6 Å². The van der Waals surface area contributed by atoms with E-state index >= 15 is 0 Å². The highest BCUT2D eigenvalue weighted by atomic mass is 32.2. The van der Waals surface area contributed by atoms with Crippen molar-refractivity contribution in [2.45, 2.75) is 0 Å². The van der Waals surface area contributed by atoms with Gasteiger partial charge in [-0.3, -0.25) is 0 Å². The Bertz CT molecular complexity index is 1010. The highest BCUT2D eigenvalue weighted by molar-refractivity contribution is 7.86. The van der Waals surface area contributed by atoms with E-state index in [1.807, 2.05) is 18.2 Å². The zero-order chi connectivity index (χ0) is 18.7. The Kier molecular flexibility index (Phi) is 4.77. The number of methoxy groups -OCH3 is 1. The van der Waals surface area contributed by atoms with E-state index in [0.29, 0.717) is 11.1 Å². The summed E-state index contributed by atoms with van der Waals surface area (Å²) in [6, 6.07) is 13.6. The number of carbonyl (C=O) groups excluding carboxylic acids is 1. The predicted octanol–water partition coefficient (Wildman–Crippen LogP) is 2.38. The molecule has 8 heteroatoms. The van der Waals surface area contributed by atoms with Crippen molar-refractivity contribution in [3.63, 3.8) is 0 Å². The second-order valence-electron chi connectivity index (χ2n) is 5.40. The molecule has 2 aromatic carbocycles. The van der Waals surface area contributed by atoms with E-state index in [1.54, 1.807) is 18.2 Å². The van der Waals surface area contributed by atoms with Gasteiger partial charge in [-0.1, -0.05) is 24.3 Å². The molecule has 0 aliphatic carbocycles. The standard InChI is InChI=1S/C18H15NO6S/c1-23-16-11-12(8-9-15(16)25-26(2,21)22)10-14-18(20)24-17(19-14)13-6-4-3-5-7-13/h3-11H,1-2H3/b14-10-. The highest BCUT2D eigenvalue weighted by Gasteiger charge is 2.24. The van der Waals surface area contributed by atoms with Gasteiger partial charge in [0, 0.05) is 5.56 Å². The minimum atomic E-state index is -3.68. The summed E-state index contributed by atoms with van der Waals surface area (Å²) < 4.78 is 37.7. The van der Waals surface area contributed by atoms with Crippen molar-refractivity contribution < 1.29 is 26.9 Å². The monoisotopic (exact) mass is 373 g/mol. The van der Waals surface area contributed by atoms with E-state index in [1.165, 1.54) is 25.3 Å². The topological polar surface area (TPSA) is 91.3 Å². The van der Waals surface area contributed by atoms with E-state index in [4.69, 9.17) is 13.7 Å². The summed E-state index contributed by atoms with van der Waals surface area (Å²) in [6.07, 6.45) is 2.46. The van der Waals surface area contributed by atoms with Gasteiger partial charge in [0.1, 0.15) is 0 Å². The molecule has 0 bridgehead atoms. The third kappa shape index (κ3) is 4.09. The third-order valence-electron chi connectivity index (χ3n) is 3.37. The van der Waals surface area contributed by atoms with Gasteiger partial charge in [0.05, 0.1) is 13.4 Å². The smallest absolute Gasteiger partial charge is 0.363 e. The lowest BCUT2D eigenvalue weighted by Gasteiger charge is -2.09. The summed E-state index contributed by atoms with van der Waals surface area (Å²) in [5.41, 5.74) is 1.40. The molecule has 0 unspecified atom stereocenters. The van der Waals surface area contributed by atoms with Crippen molar-refractivity contribution >= 4 is 28.1 Å². The normalized spacial score (nSPS) is 15.5. The van der Waals surface area contributed by atoms with Crippen LogP contribution in [0.2, 0.25) is 0 Å². The Balaban J connectivity index is 1.92. The molecule has 134 valence electrons. The second kappa shape index (κ2) is 7.01. The Hall–Kier alpha value is -3.13. The van der Waals surface area contributed by atoms with Crippen LogP contribution in [0, 0.1) is 0 Å². The molecule has 0 spiro atoms. The van der Waals surface area contributed by atoms with Gasteiger partial charge in [-0.15, -0.1) is 0 Å². The maximum atomic E-state index is 12.0. The van der Waals surface area contributed by atoms with Gasteiger partial charge in [0.2, 0.25) is 5.90 Å². The summed E-state index contributed by atoms with van der Waals surface area (Å²) in [5.74, 6) is -0.0758. The molecule has 1 heterocycles. The highest BCUT2D eigenvalue weighted by Crippen LogP contribution is 2.30. The molecular weight excluding hydrogens is 358 g/mol. The SMILES string of the molecule is COc1cc(/C=C2\N=C(c3ccccc3)OC2=O)ccc1OS(C)(=O)=O. The van der Waals surface area contributed by atoms with Crippen molar-refractivity contribution in [3.8, 4) is 11.5 Å². The zero-order valence-corrected chi connectivity index (χ0v) is 14.8. The molecule has 0 atom stereocenters. The molecule has 0 radical (unpaired) electrons. The lowest BCUT2D eigenvalue weighted by atomic mass is 10.1. The van der Waals surface area contributed by atoms with Crippen LogP contribution in [-0.4, -0.2) is 33.7 Å². The molecule has 0 N–H and O–H groups in total. The molecule has 1 aliphatic rings. The Morgan fingerprint density at radius 2 is 1.81 bits per heavy atom. The summed E-state index contributed by atoms with van der Waals surface area (Å²) >= 11 is 0. The zero-order valence-electron chi connectivity index (χ0n) is 14.0. The number of nitrogens with zero attached hydrogens (tertiary/aromatic N) is 1. The van der Waals surface area contributed by atoms with E-state index < -0.39 is 16.1 Å². The Morgan fingerprint density at radius 3 is 2.46 bits per heavy atom. The van der Waals surface area contributed by atoms with Crippen LogP contribution >= 0.6 is 0 Å². The molecule has 0 saturated carbocycles. The summed E-state index contributed by atoms with van der Waals surface area (Å²) in [4.78, 5) is 16.2. The summed E-state index contributed by atoms with van der Waals surface area (Å²) in [7, 11) is -2.30. The average molecular weight is 373 g/mol.